The summed E-state index contributed by atoms with van der Waals surface area (Å²) >= 11 is 5.98. The molecule has 0 aliphatic heterocycles. The zero-order chi connectivity index (χ0) is 22.6. The molecule has 0 unspecified atom stereocenters. The summed E-state index contributed by atoms with van der Waals surface area (Å²) in [6, 6.07) is 17.0. The first kappa shape index (κ1) is 21.1. The Balaban J connectivity index is 1.29. The maximum absolute atomic E-state index is 12.9. The fraction of sp³-hybridized carbons (Fsp3) is 0.385. The van der Waals surface area contributed by atoms with Gasteiger partial charge in [-0.3, -0.25) is 4.79 Å². The summed E-state index contributed by atoms with van der Waals surface area (Å²) in [7, 11) is 0. The number of anilines is 1. The van der Waals surface area contributed by atoms with Crippen molar-refractivity contribution >= 4 is 23.3 Å². The maximum Gasteiger partial charge on any atom is 0.251 e. The predicted octanol–water partition coefficient (Wildman–Crippen LogP) is 5.58. The minimum atomic E-state index is -0.0113. The number of nitrogens with one attached hydrogen (secondary N) is 1. The number of hydrogen-bond acceptors (Lipinski definition) is 3. The first-order chi connectivity index (χ1) is 15.2. The highest BCUT2D eigenvalue weighted by atomic mass is 35.5. The summed E-state index contributed by atoms with van der Waals surface area (Å²) in [5.41, 5.74) is 9.81. The second-order valence-electron chi connectivity index (χ2n) is 9.96. The molecule has 0 spiro atoms. The van der Waals surface area contributed by atoms with Crippen LogP contribution in [0.25, 0.3) is 16.9 Å². The molecule has 3 aromatic rings. The van der Waals surface area contributed by atoms with Gasteiger partial charge in [0, 0.05) is 28.3 Å². The van der Waals surface area contributed by atoms with Crippen molar-refractivity contribution in [2.24, 2.45) is 23.2 Å². The molecular formula is C26H29ClN4O. The number of nitrogen functional groups attached to an aromatic ring is 1. The summed E-state index contributed by atoms with van der Waals surface area (Å²) < 4.78 is 1.68. The monoisotopic (exact) mass is 448 g/mol. The first-order valence-electron chi connectivity index (χ1n) is 11.3. The van der Waals surface area contributed by atoms with Crippen LogP contribution in [-0.2, 0) is 0 Å². The first-order valence-corrected chi connectivity index (χ1v) is 11.6. The van der Waals surface area contributed by atoms with Gasteiger partial charge in [0.25, 0.3) is 5.91 Å². The normalized spacial score (nSPS) is 25.8. The van der Waals surface area contributed by atoms with Gasteiger partial charge in [0.1, 0.15) is 5.82 Å². The smallest absolute Gasteiger partial charge is 0.251 e. The number of hydrogen-bond donors (Lipinski definition) is 2. The number of nitrogens with two attached hydrogens (primary N) is 1. The molecule has 3 fully saturated rings. The van der Waals surface area contributed by atoms with Crippen molar-refractivity contribution in [1.29, 1.82) is 0 Å². The van der Waals surface area contributed by atoms with Gasteiger partial charge in [-0.05, 0) is 72.4 Å². The molecule has 3 aliphatic carbocycles. The van der Waals surface area contributed by atoms with E-state index in [-0.39, 0.29) is 11.9 Å². The average molecular weight is 449 g/mol. The third kappa shape index (κ3) is 3.49. The molecule has 3 saturated carbocycles. The van der Waals surface area contributed by atoms with Crippen LogP contribution in [0.3, 0.4) is 0 Å². The Bertz CT molecular complexity index is 1150. The van der Waals surface area contributed by atoms with E-state index in [1.54, 1.807) is 4.68 Å². The van der Waals surface area contributed by atoms with Crippen LogP contribution in [0.1, 0.15) is 44.0 Å². The number of benzene rings is 2. The van der Waals surface area contributed by atoms with Gasteiger partial charge in [-0.25, -0.2) is 4.68 Å². The third-order valence-electron chi connectivity index (χ3n) is 7.92. The second-order valence-corrected chi connectivity index (χ2v) is 10.4. The Hall–Kier alpha value is -2.79. The molecule has 1 amide bonds. The molecule has 0 saturated heterocycles. The van der Waals surface area contributed by atoms with Crippen molar-refractivity contribution < 1.29 is 4.79 Å². The SMILES string of the molecule is C[C@@H]1[C@H]2C[C@@H](C[C@H]1NC(=O)c1ccc(-n3nc(-c4ccc(Cl)cc4)cc3N)cc1)C2(C)C. The molecular weight excluding hydrogens is 420 g/mol. The van der Waals surface area contributed by atoms with Gasteiger partial charge in [0.05, 0.1) is 11.4 Å². The molecule has 3 aliphatic rings. The summed E-state index contributed by atoms with van der Waals surface area (Å²) in [6.45, 7) is 7.03. The van der Waals surface area contributed by atoms with E-state index in [4.69, 9.17) is 17.3 Å². The molecule has 6 heteroatoms. The molecule has 3 N–H and O–H groups in total. The van der Waals surface area contributed by atoms with Crippen LogP contribution in [0, 0.1) is 23.2 Å². The van der Waals surface area contributed by atoms with E-state index in [0.717, 1.165) is 23.4 Å². The van der Waals surface area contributed by atoms with E-state index >= 15 is 0 Å². The Morgan fingerprint density at radius 3 is 2.44 bits per heavy atom. The Morgan fingerprint density at radius 2 is 1.81 bits per heavy atom. The van der Waals surface area contributed by atoms with E-state index in [2.05, 4.69) is 31.2 Å². The molecule has 6 rings (SSSR count). The highest BCUT2D eigenvalue weighted by molar-refractivity contribution is 6.30. The van der Waals surface area contributed by atoms with E-state index < -0.39 is 0 Å². The van der Waals surface area contributed by atoms with Crippen molar-refractivity contribution in [3.63, 3.8) is 0 Å². The van der Waals surface area contributed by atoms with Crippen LogP contribution in [-0.4, -0.2) is 21.7 Å². The van der Waals surface area contributed by atoms with E-state index in [1.165, 1.54) is 6.42 Å². The Labute approximate surface area is 194 Å². The lowest BCUT2D eigenvalue weighted by Crippen LogP contribution is -2.60. The fourth-order valence-corrected chi connectivity index (χ4v) is 5.84. The largest absolute Gasteiger partial charge is 0.384 e. The van der Waals surface area contributed by atoms with Crippen molar-refractivity contribution in [3.8, 4) is 16.9 Å². The number of halogens is 1. The maximum atomic E-state index is 12.9. The van der Waals surface area contributed by atoms with Gasteiger partial charge in [-0.15, -0.1) is 0 Å². The number of carbonyl (C=O) groups is 1. The van der Waals surface area contributed by atoms with Crippen molar-refractivity contribution in [2.45, 2.75) is 39.7 Å². The molecule has 0 radical (unpaired) electrons. The lowest BCUT2D eigenvalue weighted by Gasteiger charge is -2.62. The topological polar surface area (TPSA) is 72.9 Å². The number of aromatic nitrogens is 2. The highest BCUT2D eigenvalue weighted by Crippen LogP contribution is 2.61. The molecule has 5 nitrogen and oxygen atoms in total. The van der Waals surface area contributed by atoms with Gasteiger partial charge >= 0.3 is 0 Å². The van der Waals surface area contributed by atoms with Gasteiger partial charge in [0.15, 0.2) is 0 Å². The number of rotatable bonds is 4. The number of nitrogens with zero attached hydrogens (tertiary/aromatic N) is 2. The summed E-state index contributed by atoms with van der Waals surface area (Å²) in [5.74, 6) is 2.45. The Morgan fingerprint density at radius 1 is 1.12 bits per heavy atom. The van der Waals surface area contributed by atoms with Crippen LogP contribution in [0.5, 0.6) is 0 Å². The zero-order valence-electron chi connectivity index (χ0n) is 18.7. The second kappa shape index (κ2) is 7.66. The van der Waals surface area contributed by atoms with Crippen molar-refractivity contribution in [3.05, 3.63) is 65.2 Å². The summed E-state index contributed by atoms with van der Waals surface area (Å²) in [5, 5.41) is 8.60. The fourth-order valence-electron chi connectivity index (χ4n) is 5.71. The zero-order valence-corrected chi connectivity index (χ0v) is 19.4. The molecule has 1 heterocycles. The van der Waals surface area contributed by atoms with Crippen LogP contribution in [0.15, 0.2) is 54.6 Å². The minimum Gasteiger partial charge on any atom is -0.384 e. The molecule has 166 valence electrons. The standard InChI is InChI=1S/C26H29ClN4O/c1-15-21-12-18(26(21,2)3)13-22(15)29-25(32)17-6-10-20(11-7-17)31-24(28)14-23(30-31)16-4-8-19(27)9-5-16/h4-11,14-15,18,21-22H,12-13,28H2,1-3H3,(H,29,32)/t15-,18+,21-,22-/m1/s1. The van der Waals surface area contributed by atoms with E-state index in [9.17, 15) is 4.79 Å². The molecule has 1 aromatic heterocycles. The van der Waals surface area contributed by atoms with Gasteiger partial charge < -0.3 is 11.1 Å². The predicted molar refractivity (Wildman–Crippen MR) is 129 cm³/mol. The van der Waals surface area contributed by atoms with Gasteiger partial charge in [-0.2, -0.15) is 5.10 Å². The quantitative estimate of drug-likeness (QED) is 0.547. The molecule has 2 aromatic carbocycles. The summed E-state index contributed by atoms with van der Waals surface area (Å²) in [4.78, 5) is 12.9. The highest BCUT2D eigenvalue weighted by Gasteiger charge is 2.56. The molecule has 2 bridgehead atoms. The van der Waals surface area contributed by atoms with Crippen LogP contribution < -0.4 is 11.1 Å². The lowest BCUT2D eigenvalue weighted by molar-refractivity contribution is -0.113. The minimum absolute atomic E-state index is 0.0113. The van der Waals surface area contributed by atoms with Gasteiger partial charge in [0.2, 0.25) is 0 Å². The van der Waals surface area contributed by atoms with Crippen LogP contribution in [0.2, 0.25) is 5.02 Å². The van der Waals surface area contributed by atoms with E-state index in [1.807, 2.05) is 54.6 Å². The third-order valence-corrected chi connectivity index (χ3v) is 8.17. The van der Waals surface area contributed by atoms with Crippen LogP contribution in [0.4, 0.5) is 5.82 Å². The number of carbonyl (C=O) groups excluding carboxylic acids is 1. The lowest BCUT2D eigenvalue weighted by atomic mass is 9.45. The summed E-state index contributed by atoms with van der Waals surface area (Å²) in [6.07, 6.45) is 2.38. The van der Waals surface area contributed by atoms with Crippen molar-refractivity contribution in [1.82, 2.24) is 15.1 Å². The van der Waals surface area contributed by atoms with Gasteiger partial charge in [-0.1, -0.05) is 44.5 Å². The van der Waals surface area contributed by atoms with Crippen LogP contribution >= 0.6 is 11.6 Å². The number of amides is 1. The number of fused-ring (bicyclic) bond motifs is 2. The molecule has 32 heavy (non-hydrogen) atoms. The molecule has 4 atom stereocenters. The van der Waals surface area contributed by atoms with E-state index in [0.29, 0.717) is 39.6 Å². The average Bonchev–Trinajstić information content (AvgIpc) is 3.16. The van der Waals surface area contributed by atoms with Crippen molar-refractivity contribution in [2.75, 3.05) is 5.73 Å². The Kier molecular flexibility index (Phi) is 5.05.